The first-order valence-corrected chi connectivity index (χ1v) is 10.9. The molecule has 0 aliphatic carbocycles. The minimum atomic E-state index is -1.49. The molecule has 0 aromatic heterocycles. The fourth-order valence-corrected chi connectivity index (χ4v) is 2.75. The van der Waals surface area contributed by atoms with Crippen molar-refractivity contribution in [2.75, 3.05) is 39.6 Å². The zero-order valence-electron chi connectivity index (χ0n) is 19.6. The Hall–Kier alpha value is -3.54. The second-order valence-electron chi connectivity index (χ2n) is 7.56. The molecule has 0 bridgehead atoms. The fraction of sp³-hybridized carbons (Fsp3) is 0.684. The molecule has 6 amide bonds. The average Bonchev–Trinajstić information content (AvgIpc) is 2.82. The Morgan fingerprint density at radius 1 is 0.944 bits per heavy atom. The number of urea groups is 1. The van der Waals surface area contributed by atoms with Crippen molar-refractivity contribution in [1.82, 2.24) is 32.1 Å². The van der Waals surface area contributed by atoms with Crippen LogP contribution < -0.4 is 32.1 Å². The highest BCUT2D eigenvalue weighted by atomic mass is 16.5. The summed E-state index contributed by atoms with van der Waals surface area (Å²) in [7, 11) is 0. The monoisotopic (exact) mass is 520 g/mol. The summed E-state index contributed by atoms with van der Waals surface area (Å²) in [5.74, 6) is -4.81. The van der Waals surface area contributed by atoms with Crippen LogP contribution in [-0.4, -0.2) is 115 Å². The van der Waals surface area contributed by atoms with E-state index in [1.54, 1.807) is 0 Å². The highest BCUT2D eigenvalue weighted by Gasteiger charge is 2.29. The molecule has 17 heteroatoms. The zero-order chi connectivity index (χ0) is 27.1. The molecule has 1 rings (SSSR count). The number of rotatable bonds is 5. The molecule has 36 heavy (non-hydrogen) atoms. The van der Waals surface area contributed by atoms with Crippen LogP contribution in [0.5, 0.6) is 0 Å². The normalized spacial score (nSPS) is 25.0. The topological polar surface area (TPSA) is 254 Å². The van der Waals surface area contributed by atoms with Crippen molar-refractivity contribution in [2.45, 2.75) is 44.0 Å². The maximum Gasteiger partial charge on any atom is 0.316 e. The number of carbonyl (C=O) groups excluding carboxylic acids is 5. The van der Waals surface area contributed by atoms with E-state index in [2.05, 4.69) is 21.3 Å². The third-order valence-electron chi connectivity index (χ3n) is 4.61. The van der Waals surface area contributed by atoms with Gasteiger partial charge in [-0.1, -0.05) is 0 Å². The molecule has 1 unspecified atom stereocenters. The second-order valence-corrected chi connectivity index (χ2v) is 7.56. The van der Waals surface area contributed by atoms with E-state index in [4.69, 9.17) is 14.6 Å². The molecule has 0 aromatic rings. The van der Waals surface area contributed by atoms with Crippen LogP contribution >= 0.6 is 0 Å². The molecule has 1 aliphatic rings. The van der Waals surface area contributed by atoms with E-state index < -0.39 is 85.9 Å². The molecule has 204 valence electrons. The molecule has 0 aromatic carbocycles. The van der Waals surface area contributed by atoms with E-state index >= 15 is 0 Å². The lowest BCUT2D eigenvalue weighted by atomic mass is 10.1. The van der Waals surface area contributed by atoms with Crippen LogP contribution in [0.2, 0.25) is 0 Å². The van der Waals surface area contributed by atoms with E-state index in [1.807, 2.05) is 10.9 Å². The first-order valence-electron chi connectivity index (χ1n) is 10.9. The number of carboxylic acids is 1. The molecule has 9 N–H and O–H groups in total. The lowest BCUT2D eigenvalue weighted by Gasteiger charge is -2.24. The van der Waals surface area contributed by atoms with Gasteiger partial charge >= 0.3 is 12.0 Å². The van der Waals surface area contributed by atoms with Gasteiger partial charge in [0, 0.05) is 13.0 Å². The number of amides is 6. The van der Waals surface area contributed by atoms with Crippen LogP contribution in [0, 0.1) is 0 Å². The summed E-state index contributed by atoms with van der Waals surface area (Å²) in [4.78, 5) is 72.3. The van der Waals surface area contributed by atoms with Gasteiger partial charge in [0.25, 0.3) is 11.8 Å². The number of aliphatic hydroxyl groups is 2. The molecule has 1 saturated heterocycles. The van der Waals surface area contributed by atoms with Gasteiger partial charge in [0.15, 0.2) is 0 Å². The number of nitrogens with one attached hydrogen (secondary N) is 6. The summed E-state index contributed by atoms with van der Waals surface area (Å²) in [6.07, 6.45) is -2.27. The van der Waals surface area contributed by atoms with Crippen LogP contribution in [0.25, 0.3) is 0 Å². The third-order valence-corrected chi connectivity index (χ3v) is 4.61. The van der Waals surface area contributed by atoms with Crippen LogP contribution in [0.4, 0.5) is 4.79 Å². The van der Waals surface area contributed by atoms with E-state index in [1.165, 1.54) is 6.92 Å². The maximum absolute atomic E-state index is 12.5. The standard InChI is InChI=1S/C19H32N6O11/c1-10(27)15-18(33)20-4-5-35-6-7-36-9-13(28)21-12(8-26)17(32)25-24-16(31)11(2-3-14(29)30)22-19(34)23-15/h10-12,15,26-27H,2-9H2,1H3,(H,20,33)(H,21,28)(H,24,31)(H,25,32)(H,29,30)(H2,22,23,34)/t10?,11-,12-,15-/m0/s1. The van der Waals surface area contributed by atoms with Gasteiger partial charge in [-0.05, 0) is 13.3 Å². The smallest absolute Gasteiger partial charge is 0.316 e. The Balaban J connectivity index is 3.00. The van der Waals surface area contributed by atoms with Gasteiger partial charge in [-0.15, -0.1) is 0 Å². The molecule has 1 fully saturated rings. The van der Waals surface area contributed by atoms with Crippen molar-refractivity contribution >= 4 is 35.6 Å². The first-order chi connectivity index (χ1) is 17.0. The number of hydrogen-bond acceptors (Lipinski definition) is 10. The minimum absolute atomic E-state index is 0.00314. The summed E-state index contributed by atoms with van der Waals surface area (Å²) in [6, 6.07) is -5.44. The highest BCUT2D eigenvalue weighted by Crippen LogP contribution is 2.00. The number of carbonyl (C=O) groups is 6. The van der Waals surface area contributed by atoms with Gasteiger partial charge in [-0.3, -0.25) is 34.8 Å². The van der Waals surface area contributed by atoms with Gasteiger partial charge in [-0.25, -0.2) is 4.79 Å². The third kappa shape index (κ3) is 11.7. The van der Waals surface area contributed by atoms with E-state index in [9.17, 15) is 39.0 Å². The molecule has 17 nitrogen and oxygen atoms in total. The number of hydrogen-bond donors (Lipinski definition) is 9. The molecule has 1 aliphatic heterocycles. The predicted molar refractivity (Wildman–Crippen MR) is 118 cm³/mol. The summed E-state index contributed by atoms with van der Waals surface area (Å²) in [6.45, 7) is 0.103. The Morgan fingerprint density at radius 3 is 2.19 bits per heavy atom. The second kappa shape index (κ2) is 16.2. The Kier molecular flexibility index (Phi) is 13.7. The number of hydrazine groups is 1. The number of aliphatic carboxylic acids is 1. The number of aliphatic hydroxyl groups excluding tert-OH is 2. The lowest BCUT2D eigenvalue weighted by molar-refractivity contribution is -0.137. The molecule has 0 saturated carbocycles. The molecule has 0 radical (unpaired) electrons. The van der Waals surface area contributed by atoms with Crippen molar-refractivity contribution in [3.05, 3.63) is 0 Å². The highest BCUT2D eigenvalue weighted by molar-refractivity contribution is 5.93. The summed E-state index contributed by atoms with van der Waals surface area (Å²) < 4.78 is 10.3. The largest absolute Gasteiger partial charge is 0.481 e. The fourth-order valence-electron chi connectivity index (χ4n) is 2.75. The Bertz CT molecular complexity index is 794. The van der Waals surface area contributed by atoms with Crippen LogP contribution in [-0.2, 0) is 33.4 Å². The van der Waals surface area contributed by atoms with Gasteiger partial charge < -0.3 is 46.1 Å². The van der Waals surface area contributed by atoms with Crippen molar-refractivity contribution in [3.63, 3.8) is 0 Å². The minimum Gasteiger partial charge on any atom is -0.481 e. The van der Waals surface area contributed by atoms with Crippen molar-refractivity contribution in [3.8, 4) is 0 Å². The molecule has 0 spiro atoms. The van der Waals surface area contributed by atoms with Crippen LogP contribution in [0.3, 0.4) is 0 Å². The molecular weight excluding hydrogens is 488 g/mol. The van der Waals surface area contributed by atoms with Crippen LogP contribution in [0.15, 0.2) is 0 Å². The number of carboxylic acid groups (broad SMARTS) is 1. The van der Waals surface area contributed by atoms with Crippen molar-refractivity contribution in [2.24, 2.45) is 0 Å². The summed E-state index contributed by atoms with van der Waals surface area (Å²) >= 11 is 0. The zero-order valence-corrected chi connectivity index (χ0v) is 19.6. The predicted octanol–water partition coefficient (Wildman–Crippen LogP) is -4.94. The van der Waals surface area contributed by atoms with E-state index in [-0.39, 0.29) is 26.4 Å². The molecule has 4 atom stereocenters. The van der Waals surface area contributed by atoms with Crippen LogP contribution in [0.1, 0.15) is 19.8 Å². The van der Waals surface area contributed by atoms with Gasteiger partial charge in [0.1, 0.15) is 24.7 Å². The summed E-state index contributed by atoms with van der Waals surface area (Å²) in [5, 5.41) is 37.2. The van der Waals surface area contributed by atoms with E-state index in [0.717, 1.165) is 0 Å². The van der Waals surface area contributed by atoms with Crippen molar-refractivity contribution in [1.29, 1.82) is 0 Å². The Labute approximate surface area is 205 Å². The maximum atomic E-state index is 12.5. The summed E-state index contributed by atoms with van der Waals surface area (Å²) in [5.41, 5.74) is 3.92. The van der Waals surface area contributed by atoms with Gasteiger partial charge in [0.05, 0.1) is 32.5 Å². The molecule has 1 heterocycles. The quantitative estimate of drug-likeness (QED) is 0.166. The van der Waals surface area contributed by atoms with Gasteiger partial charge in [0.2, 0.25) is 11.8 Å². The first kappa shape index (κ1) is 30.5. The van der Waals surface area contributed by atoms with Gasteiger partial charge in [-0.2, -0.15) is 0 Å². The Morgan fingerprint density at radius 2 is 1.58 bits per heavy atom. The lowest BCUT2D eigenvalue weighted by Crippen LogP contribution is -2.60. The number of ether oxygens (including phenoxy) is 2. The SMILES string of the molecule is CC(O)[C@@H]1NC(=O)N[C@@H](CCC(=O)O)C(=O)NNC(=O)[C@H](CO)NC(=O)COCCOCCNC1=O. The molecular formula is C19H32N6O11. The van der Waals surface area contributed by atoms with Crippen molar-refractivity contribution < 1.29 is 53.6 Å². The average molecular weight is 520 g/mol. The van der Waals surface area contributed by atoms with E-state index in [0.29, 0.717) is 0 Å².